The Labute approximate surface area is 209 Å². The molecule has 3 aromatic rings. The van der Waals surface area contributed by atoms with Crippen molar-refractivity contribution in [3.63, 3.8) is 0 Å². The van der Waals surface area contributed by atoms with Gasteiger partial charge in [0.05, 0.1) is 26.9 Å². The third kappa shape index (κ3) is 5.06. The fourth-order valence-electron chi connectivity index (χ4n) is 4.64. The van der Waals surface area contributed by atoms with Crippen molar-refractivity contribution in [1.82, 2.24) is 10.1 Å². The van der Waals surface area contributed by atoms with Gasteiger partial charge in [-0.1, -0.05) is 41.6 Å². The predicted octanol–water partition coefficient (Wildman–Crippen LogP) is 3.78. The van der Waals surface area contributed by atoms with Crippen LogP contribution in [0.15, 0.2) is 53.1 Å². The Balaban J connectivity index is 1.25. The van der Waals surface area contributed by atoms with Crippen LogP contribution >= 0.6 is 0 Å². The predicted molar refractivity (Wildman–Crippen MR) is 132 cm³/mol. The molecule has 0 saturated carbocycles. The van der Waals surface area contributed by atoms with E-state index in [4.69, 9.17) is 18.7 Å². The molecule has 3 heterocycles. The Morgan fingerprint density at radius 1 is 1.19 bits per heavy atom. The molecule has 5 rings (SSSR count). The van der Waals surface area contributed by atoms with Gasteiger partial charge in [-0.25, -0.2) is 0 Å². The van der Waals surface area contributed by atoms with E-state index in [2.05, 4.69) is 10.5 Å². The minimum Gasteiger partial charge on any atom is -0.493 e. The highest BCUT2D eigenvalue weighted by atomic mass is 16.6. The molecule has 0 spiro atoms. The molecule has 0 radical (unpaired) electrons. The number of hydrogen-bond donors (Lipinski definition) is 1. The summed E-state index contributed by atoms with van der Waals surface area (Å²) in [5, 5.41) is 6.98. The molecule has 36 heavy (non-hydrogen) atoms. The van der Waals surface area contributed by atoms with E-state index < -0.39 is 0 Å². The van der Waals surface area contributed by atoms with Crippen LogP contribution < -0.4 is 14.8 Å². The molecule has 2 fully saturated rings. The van der Waals surface area contributed by atoms with Crippen LogP contribution in [-0.2, 0) is 14.3 Å². The summed E-state index contributed by atoms with van der Waals surface area (Å²) < 4.78 is 22.3. The van der Waals surface area contributed by atoms with Crippen LogP contribution in [-0.4, -0.2) is 61.4 Å². The first-order chi connectivity index (χ1) is 17.5. The highest BCUT2D eigenvalue weighted by Gasteiger charge is 2.33. The second kappa shape index (κ2) is 10.4. The first kappa shape index (κ1) is 23.9. The Morgan fingerprint density at radius 2 is 2.03 bits per heavy atom. The maximum atomic E-state index is 12.9. The number of rotatable bonds is 8. The maximum absolute atomic E-state index is 12.9. The van der Waals surface area contributed by atoms with Crippen LogP contribution in [0.5, 0.6) is 11.5 Å². The first-order valence-corrected chi connectivity index (χ1v) is 12.0. The lowest BCUT2D eigenvalue weighted by atomic mass is 9.98. The number of amides is 2. The molecule has 1 N–H and O–H groups in total. The molecular formula is C27H29N3O6. The molecule has 2 aromatic carbocycles. The van der Waals surface area contributed by atoms with Gasteiger partial charge in [-0.15, -0.1) is 0 Å². The number of likely N-dealkylation sites (tertiary alicyclic amines) is 1. The van der Waals surface area contributed by atoms with Crippen molar-refractivity contribution in [2.75, 3.05) is 38.7 Å². The number of methoxy groups -OCH3 is 1. The molecule has 2 aliphatic rings. The lowest BCUT2D eigenvalue weighted by molar-refractivity contribution is -0.131. The van der Waals surface area contributed by atoms with Gasteiger partial charge in [-0.3, -0.25) is 9.59 Å². The number of nitrogens with one attached hydrogen (secondary N) is 1. The van der Waals surface area contributed by atoms with Crippen LogP contribution in [0.25, 0.3) is 11.3 Å². The minimum absolute atomic E-state index is 0.0128. The Morgan fingerprint density at radius 3 is 2.78 bits per heavy atom. The van der Waals surface area contributed by atoms with Crippen LogP contribution in [0.3, 0.4) is 0 Å². The zero-order chi connectivity index (χ0) is 25.1. The summed E-state index contributed by atoms with van der Waals surface area (Å²) in [6.07, 6.45) is 1.14. The van der Waals surface area contributed by atoms with Crippen LogP contribution in [0.1, 0.15) is 30.1 Å². The highest BCUT2D eigenvalue weighted by molar-refractivity contribution is 5.98. The molecule has 0 unspecified atom stereocenters. The summed E-state index contributed by atoms with van der Waals surface area (Å²) in [7, 11) is 1.60. The van der Waals surface area contributed by atoms with Gasteiger partial charge in [-0.2, -0.15) is 0 Å². The van der Waals surface area contributed by atoms with Crippen molar-refractivity contribution in [3.8, 4) is 22.8 Å². The maximum Gasteiger partial charge on any atom is 0.244 e. The Hall–Kier alpha value is -3.85. The normalized spacial score (nSPS) is 19.5. The second-order valence-corrected chi connectivity index (χ2v) is 9.07. The van der Waals surface area contributed by atoms with E-state index >= 15 is 0 Å². The number of aromatic nitrogens is 1. The summed E-state index contributed by atoms with van der Waals surface area (Å²) in [5.41, 5.74) is 2.89. The average Bonchev–Trinajstić information content (AvgIpc) is 3.62. The standard InChI is InChI=1S/C27H29N3O6/c1-17-26(27(29-36-17)18-6-4-3-5-7-18)28-24(31)15-30-14-20(13-25(30)32)19-8-9-22(33-2)23(12-19)35-21-10-11-34-16-21/h3-9,12,20-21H,10-11,13-16H2,1-2H3,(H,28,31)/t20-,21-/m1/s1. The molecule has 0 aliphatic carbocycles. The SMILES string of the molecule is COc1ccc([C@@H]2CC(=O)N(CC(=O)Nc3c(-c4ccccc4)noc3C)C2)cc1O[C@@H]1CCOC1. The molecule has 2 aliphatic heterocycles. The number of carbonyl (C=O) groups is 2. The van der Waals surface area contributed by atoms with E-state index in [-0.39, 0.29) is 30.4 Å². The smallest absolute Gasteiger partial charge is 0.244 e. The van der Waals surface area contributed by atoms with E-state index in [9.17, 15) is 9.59 Å². The van der Waals surface area contributed by atoms with E-state index in [0.29, 0.717) is 54.8 Å². The van der Waals surface area contributed by atoms with Crippen LogP contribution in [0, 0.1) is 6.92 Å². The number of anilines is 1. The van der Waals surface area contributed by atoms with Crippen LogP contribution in [0.2, 0.25) is 0 Å². The van der Waals surface area contributed by atoms with Gasteiger partial charge in [-0.05, 0) is 24.6 Å². The van der Waals surface area contributed by atoms with Crippen LogP contribution in [0.4, 0.5) is 5.69 Å². The lowest BCUT2D eigenvalue weighted by Crippen LogP contribution is -2.34. The monoisotopic (exact) mass is 491 g/mol. The van der Waals surface area contributed by atoms with Gasteiger partial charge in [0.25, 0.3) is 0 Å². The number of benzene rings is 2. The Kier molecular flexibility index (Phi) is 6.90. The summed E-state index contributed by atoms with van der Waals surface area (Å²) >= 11 is 0. The van der Waals surface area contributed by atoms with Gasteiger partial charge in [0.1, 0.15) is 17.5 Å². The molecule has 9 nitrogen and oxygen atoms in total. The third-order valence-electron chi connectivity index (χ3n) is 6.56. The van der Waals surface area contributed by atoms with Crippen molar-refractivity contribution in [1.29, 1.82) is 0 Å². The number of ether oxygens (including phenoxy) is 3. The van der Waals surface area contributed by atoms with Gasteiger partial charge < -0.3 is 29.0 Å². The summed E-state index contributed by atoms with van der Waals surface area (Å²) in [4.78, 5) is 27.3. The van der Waals surface area contributed by atoms with Crippen molar-refractivity contribution in [2.24, 2.45) is 0 Å². The molecule has 2 saturated heterocycles. The fraction of sp³-hybridized carbons (Fsp3) is 0.370. The molecule has 188 valence electrons. The number of nitrogens with zero attached hydrogens (tertiary/aromatic N) is 2. The van der Waals surface area contributed by atoms with E-state index in [1.54, 1.807) is 18.9 Å². The summed E-state index contributed by atoms with van der Waals surface area (Å²) in [5.74, 6) is 1.38. The van der Waals surface area contributed by atoms with Gasteiger partial charge in [0.2, 0.25) is 11.8 Å². The highest BCUT2D eigenvalue weighted by Crippen LogP contribution is 2.36. The molecule has 2 amide bonds. The zero-order valence-corrected chi connectivity index (χ0v) is 20.4. The first-order valence-electron chi connectivity index (χ1n) is 12.0. The second-order valence-electron chi connectivity index (χ2n) is 9.07. The quantitative estimate of drug-likeness (QED) is 0.511. The minimum atomic E-state index is -0.299. The average molecular weight is 492 g/mol. The summed E-state index contributed by atoms with van der Waals surface area (Å²) in [6.45, 7) is 3.37. The van der Waals surface area contributed by atoms with Gasteiger partial charge in [0, 0.05) is 30.9 Å². The van der Waals surface area contributed by atoms with E-state index in [1.807, 2.05) is 48.5 Å². The van der Waals surface area contributed by atoms with E-state index in [1.165, 1.54) is 0 Å². The van der Waals surface area contributed by atoms with Crippen molar-refractivity contribution in [3.05, 3.63) is 59.9 Å². The Bertz CT molecular complexity index is 1240. The molecule has 1 aromatic heterocycles. The molecule has 2 atom stereocenters. The summed E-state index contributed by atoms with van der Waals surface area (Å²) in [6, 6.07) is 15.2. The van der Waals surface area contributed by atoms with Gasteiger partial charge in [0.15, 0.2) is 17.3 Å². The topological polar surface area (TPSA) is 103 Å². The zero-order valence-electron chi connectivity index (χ0n) is 20.4. The molecule has 0 bridgehead atoms. The number of carbonyl (C=O) groups excluding carboxylic acids is 2. The number of aryl methyl sites for hydroxylation is 1. The molecular weight excluding hydrogens is 462 g/mol. The fourth-order valence-corrected chi connectivity index (χ4v) is 4.64. The van der Waals surface area contributed by atoms with Crippen molar-refractivity contribution >= 4 is 17.5 Å². The third-order valence-corrected chi connectivity index (χ3v) is 6.56. The largest absolute Gasteiger partial charge is 0.493 e. The lowest BCUT2D eigenvalue weighted by Gasteiger charge is -2.19. The van der Waals surface area contributed by atoms with Crippen molar-refractivity contribution < 1.29 is 28.3 Å². The van der Waals surface area contributed by atoms with Crippen molar-refractivity contribution in [2.45, 2.75) is 31.8 Å². The molecule has 9 heteroatoms. The van der Waals surface area contributed by atoms with Gasteiger partial charge >= 0.3 is 0 Å². The van der Waals surface area contributed by atoms with E-state index in [0.717, 1.165) is 17.5 Å². The number of hydrogen-bond acceptors (Lipinski definition) is 7.